The molecule has 4 rings (SSSR count). The van der Waals surface area contributed by atoms with Crippen LogP contribution >= 0.6 is 46.9 Å². The number of hydrogen-bond acceptors (Lipinski definition) is 5. The lowest BCUT2D eigenvalue weighted by Crippen LogP contribution is -2.30. The van der Waals surface area contributed by atoms with Crippen LogP contribution in [0.25, 0.3) is 0 Å². The van der Waals surface area contributed by atoms with Gasteiger partial charge in [0.2, 0.25) is 0 Å². The Labute approximate surface area is 212 Å². The van der Waals surface area contributed by atoms with Gasteiger partial charge >= 0.3 is 0 Å². The number of carbonyl (C=O) groups is 2. The third-order valence-corrected chi connectivity index (χ3v) is 6.80. The van der Waals surface area contributed by atoms with Gasteiger partial charge in [0.1, 0.15) is 10.8 Å². The first kappa shape index (κ1) is 25.3. The maximum atomic E-state index is 12.5. The van der Waals surface area contributed by atoms with Crippen molar-refractivity contribution in [2.24, 2.45) is 5.73 Å². The molecule has 2 heterocycles. The molecule has 2 amide bonds. The second-order valence-corrected chi connectivity index (χ2v) is 9.38. The van der Waals surface area contributed by atoms with Crippen LogP contribution in [-0.2, 0) is 24.3 Å². The molecule has 33 heavy (non-hydrogen) atoms. The molecule has 0 unspecified atom stereocenters. The molecule has 2 aromatic carbocycles. The summed E-state index contributed by atoms with van der Waals surface area (Å²) in [5, 5.41) is 4.03. The normalized spacial score (nSPS) is 13.0. The van der Waals surface area contributed by atoms with Crippen LogP contribution in [0.2, 0.25) is 10.0 Å². The number of nitrogens with one attached hydrogen (secondary N) is 1. The molecule has 1 aromatic heterocycles. The van der Waals surface area contributed by atoms with Gasteiger partial charge in [0.05, 0.1) is 10.6 Å². The zero-order valence-electron chi connectivity index (χ0n) is 17.5. The monoisotopic (exact) mass is 525 g/mol. The predicted molar refractivity (Wildman–Crippen MR) is 135 cm³/mol. The highest BCUT2D eigenvalue weighted by molar-refractivity contribution is 7.17. The summed E-state index contributed by atoms with van der Waals surface area (Å²) in [6, 6.07) is 15.0. The molecular formula is C23H22Cl3N3O3S. The van der Waals surface area contributed by atoms with Crippen molar-refractivity contribution in [2.45, 2.75) is 19.5 Å². The Balaban J connectivity index is 0.00000306. The van der Waals surface area contributed by atoms with Gasteiger partial charge in [-0.2, -0.15) is 0 Å². The minimum atomic E-state index is -0.545. The Kier molecular flexibility index (Phi) is 8.62. The highest BCUT2D eigenvalue weighted by Crippen LogP contribution is 2.37. The summed E-state index contributed by atoms with van der Waals surface area (Å²) >= 11 is 13.3. The molecule has 1 aliphatic heterocycles. The molecule has 0 aliphatic carbocycles. The van der Waals surface area contributed by atoms with Crippen molar-refractivity contribution < 1.29 is 14.3 Å². The first-order valence-corrected chi connectivity index (χ1v) is 11.6. The van der Waals surface area contributed by atoms with Gasteiger partial charge in [-0.05, 0) is 35.7 Å². The number of primary amides is 1. The SMILES string of the molecule is Cl.NC(=O)c1c(NC(=O)COc2ccc(Cl)cc2Cl)sc2c1CCN(Cc1ccccc1)C2. The lowest BCUT2D eigenvalue weighted by atomic mass is 10.0. The van der Waals surface area contributed by atoms with E-state index in [9.17, 15) is 9.59 Å². The maximum absolute atomic E-state index is 12.5. The number of carbonyl (C=O) groups excluding carboxylic acids is 2. The van der Waals surface area contributed by atoms with Crippen molar-refractivity contribution in [3.05, 3.63) is 80.1 Å². The fourth-order valence-electron chi connectivity index (χ4n) is 3.68. The van der Waals surface area contributed by atoms with E-state index in [-0.39, 0.29) is 19.0 Å². The minimum absolute atomic E-state index is 0. The third-order valence-electron chi connectivity index (χ3n) is 5.14. The number of nitrogens with two attached hydrogens (primary N) is 1. The molecule has 0 atom stereocenters. The van der Waals surface area contributed by atoms with E-state index in [0.717, 1.165) is 23.5 Å². The number of rotatable bonds is 7. The summed E-state index contributed by atoms with van der Waals surface area (Å²) in [5.74, 6) is -0.599. The standard InChI is InChI=1S/C23H21Cl2N3O3S.ClH/c24-15-6-7-18(17(25)10-15)31-13-20(29)27-23-21(22(26)30)16-8-9-28(12-19(16)32-23)11-14-4-2-1-3-5-14;/h1-7,10H,8-9,11-13H2,(H2,26,30)(H,27,29);1H. The van der Waals surface area contributed by atoms with E-state index in [0.29, 0.717) is 39.3 Å². The highest BCUT2D eigenvalue weighted by atomic mass is 35.5. The van der Waals surface area contributed by atoms with Gasteiger partial charge in [-0.25, -0.2) is 0 Å². The van der Waals surface area contributed by atoms with Crippen molar-refractivity contribution in [2.75, 3.05) is 18.5 Å². The molecule has 6 nitrogen and oxygen atoms in total. The number of anilines is 1. The average Bonchev–Trinajstić information content (AvgIpc) is 3.11. The molecule has 3 N–H and O–H groups in total. The maximum Gasteiger partial charge on any atom is 0.262 e. The molecule has 10 heteroatoms. The van der Waals surface area contributed by atoms with Crippen LogP contribution in [-0.4, -0.2) is 29.9 Å². The van der Waals surface area contributed by atoms with Crippen molar-refractivity contribution in [1.29, 1.82) is 0 Å². The number of benzene rings is 2. The summed E-state index contributed by atoms with van der Waals surface area (Å²) in [7, 11) is 0. The van der Waals surface area contributed by atoms with Gasteiger partial charge in [0, 0.05) is 29.5 Å². The Morgan fingerprint density at radius 3 is 2.61 bits per heavy atom. The van der Waals surface area contributed by atoms with Crippen molar-refractivity contribution in [1.82, 2.24) is 4.90 Å². The van der Waals surface area contributed by atoms with E-state index < -0.39 is 11.8 Å². The molecule has 0 saturated heterocycles. The summed E-state index contributed by atoms with van der Waals surface area (Å²) in [4.78, 5) is 28.0. The van der Waals surface area contributed by atoms with Crippen molar-refractivity contribution in [3.8, 4) is 5.75 Å². The number of ether oxygens (including phenoxy) is 1. The van der Waals surface area contributed by atoms with E-state index in [2.05, 4.69) is 22.3 Å². The minimum Gasteiger partial charge on any atom is -0.482 e. The van der Waals surface area contributed by atoms with Crippen LogP contribution in [0.1, 0.15) is 26.4 Å². The van der Waals surface area contributed by atoms with Crippen LogP contribution in [0.3, 0.4) is 0 Å². The quantitative estimate of drug-likeness (QED) is 0.446. The molecule has 3 aromatic rings. The van der Waals surface area contributed by atoms with Crippen LogP contribution in [0.15, 0.2) is 48.5 Å². The topological polar surface area (TPSA) is 84.7 Å². The van der Waals surface area contributed by atoms with E-state index in [4.69, 9.17) is 33.7 Å². The van der Waals surface area contributed by atoms with Gasteiger partial charge in [-0.3, -0.25) is 14.5 Å². The third kappa shape index (κ3) is 6.19. The molecular weight excluding hydrogens is 505 g/mol. The van der Waals surface area contributed by atoms with Crippen molar-refractivity contribution >= 4 is 63.8 Å². The number of thiophene rings is 1. The average molecular weight is 527 g/mol. The second kappa shape index (κ2) is 11.2. The number of nitrogens with zero attached hydrogens (tertiary/aromatic N) is 1. The number of hydrogen-bond donors (Lipinski definition) is 2. The highest BCUT2D eigenvalue weighted by Gasteiger charge is 2.27. The van der Waals surface area contributed by atoms with Gasteiger partial charge in [0.25, 0.3) is 11.8 Å². The first-order valence-electron chi connectivity index (χ1n) is 9.99. The number of halogens is 3. The molecule has 0 radical (unpaired) electrons. The molecule has 0 bridgehead atoms. The lowest BCUT2D eigenvalue weighted by molar-refractivity contribution is -0.118. The summed E-state index contributed by atoms with van der Waals surface area (Å²) in [6.07, 6.45) is 0.698. The van der Waals surface area contributed by atoms with Crippen LogP contribution in [0.5, 0.6) is 5.75 Å². The lowest BCUT2D eigenvalue weighted by Gasteiger charge is -2.27. The zero-order chi connectivity index (χ0) is 22.7. The summed E-state index contributed by atoms with van der Waals surface area (Å²) < 4.78 is 5.49. The molecule has 0 fully saturated rings. The molecule has 0 spiro atoms. The Bertz CT molecular complexity index is 1150. The van der Waals surface area contributed by atoms with Crippen LogP contribution < -0.4 is 15.8 Å². The summed E-state index contributed by atoms with van der Waals surface area (Å²) in [5.41, 5.74) is 8.20. The zero-order valence-corrected chi connectivity index (χ0v) is 20.6. The van der Waals surface area contributed by atoms with E-state index >= 15 is 0 Å². The van der Waals surface area contributed by atoms with Gasteiger partial charge in [0.15, 0.2) is 6.61 Å². The van der Waals surface area contributed by atoms with Crippen LogP contribution in [0, 0.1) is 0 Å². The van der Waals surface area contributed by atoms with Gasteiger partial charge < -0.3 is 15.8 Å². The Hall–Kier alpha value is -2.29. The van der Waals surface area contributed by atoms with Gasteiger partial charge in [-0.15, -0.1) is 23.7 Å². The van der Waals surface area contributed by atoms with Crippen LogP contribution in [0.4, 0.5) is 5.00 Å². The van der Waals surface area contributed by atoms with E-state index in [1.807, 2.05) is 18.2 Å². The Morgan fingerprint density at radius 1 is 1.15 bits per heavy atom. The number of fused-ring (bicyclic) bond motifs is 1. The Morgan fingerprint density at radius 2 is 1.91 bits per heavy atom. The number of amides is 2. The smallest absolute Gasteiger partial charge is 0.262 e. The fourth-order valence-corrected chi connectivity index (χ4v) is 5.45. The summed E-state index contributed by atoms with van der Waals surface area (Å²) in [6.45, 7) is 2.07. The first-order chi connectivity index (χ1) is 15.4. The molecule has 174 valence electrons. The van der Waals surface area contributed by atoms with Gasteiger partial charge in [-0.1, -0.05) is 53.5 Å². The van der Waals surface area contributed by atoms with Crippen molar-refractivity contribution in [3.63, 3.8) is 0 Å². The molecule has 1 aliphatic rings. The van der Waals surface area contributed by atoms with E-state index in [1.54, 1.807) is 12.1 Å². The van der Waals surface area contributed by atoms with E-state index in [1.165, 1.54) is 23.0 Å². The fraction of sp³-hybridized carbons (Fsp3) is 0.217. The second-order valence-electron chi connectivity index (χ2n) is 7.43. The molecule has 0 saturated carbocycles. The predicted octanol–water partition coefficient (Wildman–Crippen LogP) is 5.15. The largest absolute Gasteiger partial charge is 0.482 e.